The molecule has 2 rings (SSSR count). The number of nitrogens with one attached hydrogen (secondary N) is 1. The van der Waals surface area contributed by atoms with Gasteiger partial charge in [-0.05, 0) is 12.8 Å². The maximum atomic E-state index is 11.9. The van der Waals surface area contributed by atoms with Crippen molar-refractivity contribution in [2.75, 3.05) is 0 Å². The topological polar surface area (TPSA) is 90.0 Å². The van der Waals surface area contributed by atoms with Gasteiger partial charge < -0.3 is 5.73 Å². The highest BCUT2D eigenvalue weighted by molar-refractivity contribution is 7.89. The van der Waals surface area contributed by atoms with Gasteiger partial charge in [-0.25, -0.2) is 13.1 Å². The number of nitrogens with two attached hydrogens (primary N) is 1. The molecule has 0 aromatic carbocycles. The number of nitrogens with zero attached hydrogens (tertiary/aromatic N) is 2. The average Bonchev–Trinajstić information content (AvgIpc) is 2.77. The number of rotatable bonds is 3. The Morgan fingerprint density at radius 3 is 2.81 bits per heavy atom. The zero-order chi connectivity index (χ0) is 11.8. The molecule has 7 heteroatoms. The zero-order valence-electron chi connectivity index (χ0n) is 9.13. The van der Waals surface area contributed by atoms with Crippen LogP contribution in [0.25, 0.3) is 0 Å². The van der Waals surface area contributed by atoms with Crippen molar-refractivity contribution in [2.45, 2.75) is 36.2 Å². The van der Waals surface area contributed by atoms with E-state index in [1.54, 1.807) is 7.05 Å². The molecule has 90 valence electrons. The number of hydrogen-bond acceptors (Lipinski definition) is 4. The van der Waals surface area contributed by atoms with Crippen LogP contribution in [0.5, 0.6) is 0 Å². The van der Waals surface area contributed by atoms with Gasteiger partial charge in [0.25, 0.3) is 0 Å². The van der Waals surface area contributed by atoms with Crippen molar-refractivity contribution in [1.29, 1.82) is 0 Å². The fourth-order valence-electron chi connectivity index (χ4n) is 1.94. The Hall–Kier alpha value is -0.920. The Bertz CT molecular complexity index is 468. The first kappa shape index (κ1) is 11.6. The summed E-state index contributed by atoms with van der Waals surface area (Å²) in [5.74, 6) is 0. The molecule has 1 aliphatic rings. The third-order valence-electron chi connectivity index (χ3n) is 2.87. The Morgan fingerprint density at radius 2 is 2.31 bits per heavy atom. The van der Waals surface area contributed by atoms with Crippen molar-refractivity contribution >= 4 is 10.0 Å². The molecule has 6 nitrogen and oxygen atoms in total. The number of aromatic nitrogens is 2. The van der Waals surface area contributed by atoms with Crippen molar-refractivity contribution in [3.63, 3.8) is 0 Å². The highest BCUT2D eigenvalue weighted by atomic mass is 32.2. The van der Waals surface area contributed by atoms with E-state index < -0.39 is 10.0 Å². The van der Waals surface area contributed by atoms with E-state index in [0.29, 0.717) is 0 Å². The van der Waals surface area contributed by atoms with Crippen LogP contribution in [0.4, 0.5) is 0 Å². The van der Waals surface area contributed by atoms with Gasteiger partial charge in [0, 0.05) is 25.3 Å². The van der Waals surface area contributed by atoms with Gasteiger partial charge in [0.1, 0.15) is 4.90 Å². The molecule has 1 saturated carbocycles. The number of aryl methyl sites for hydroxylation is 1. The summed E-state index contributed by atoms with van der Waals surface area (Å²) in [4.78, 5) is 0.189. The van der Waals surface area contributed by atoms with Crippen molar-refractivity contribution in [3.05, 3.63) is 12.4 Å². The highest BCUT2D eigenvalue weighted by Gasteiger charge is 2.29. The van der Waals surface area contributed by atoms with Gasteiger partial charge >= 0.3 is 0 Å². The lowest BCUT2D eigenvalue weighted by Gasteiger charge is -2.16. The van der Waals surface area contributed by atoms with Crippen LogP contribution < -0.4 is 10.5 Å². The molecule has 1 heterocycles. The molecule has 3 N–H and O–H groups in total. The number of sulfonamides is 1. The molecule has 0 radical (unpaired) electrons. The molecule has 0 bridgehead atoms. The molecule has 0 saturated heterocycles. The molecule has 2 unspecified atom stereocenters. The predicted octanol–water partition coefficient (Wildman–Crippen LogP) is -0.422. The van der Waals surface area contributed by atoms with E-state index in [-0.39, 0.29) is 17.0 Å². The van der Waals surface area contributed by atoms with Gasteiger partial charge in [0.15, 0.2) is 0 Å². The monoisotopic (exact) mass is 244 g/mol. The molecular formula is C9H16N4O2S. The van der Waals surface area contributed by atoms with Gasteiger partial charge in [-0.1, -0.05) is 6.42 Å². The third-order valence-corrected chi connectivity index (χ3v) is 4.31. The van der Waals surface area contributed by atoms with Crippen molar-refractivity contribution in [2.24, 2.45) is 12.8 Å². The van der Waals surface area contributed by atoms with Gasteiger partial charge in [0.2, 0.25) is 10.0 Å². The first-order valence-electron chi connectivity index (χ1n) is 5.25. The SMILES string of the molecule is Cn1cc(S(=O)(=O)NC2CCCC2N)cn1. The lowest BCUT2D eigenvalue weighted by molar-refractivity contribution is 0.522. The Morgan fingerprint density at radius 1 is 1.56 bits per heavy atom. The summed E-state index contributed by atoms with van der Waals surface area (Å²) in [6, 6.07) is -0.225. The highest BCUT2D eigenvalue weighted by Crippen LogP contribution is 2.19. The average molecular weight is 244 g/mol. The molecule has 2 atom stereocenters. The summed E-state index contributed by atoms with van der Waals surface area (Å²) in [7, 11) is -1.79. The van der Waals surface area contributed by atoms with Crippen LogP contribution in [-0.4, -0.2) is 30.3 Å². The third kappa shape index (κ3) is 2.26. The van der Waals surface area contributed by atoms with E-state index in [1.807, 2.05) is 0 Å². The van der Waals surface area contributed by atoms with Crippen molar-refractivity contribution in [1.82, 2.24) is 14.5 Å². The number of hydrogen-bond donors (Lipinski definition) is 2. The Balaban J connectivity index is 2.14. The molecule has 1 aliphatic carbocycles. The first-order valence-corrected chi connectivity index (χ1v) is 6.74. The summed E-state index contributed by atoms with van der Waals surface area (Å²) in [6.45, 7) is 0. The molecule has 16 heavy (non-hydrogen) atoms. The largest absolute Gasteiger partial charge is 0.326 e. The van der Waals surface area contributed by atoms with Gasteiger partial charge in [-0.15, -0.1) is 0 Å². The minimum absolute atomic E-state index is 0.0774. The second-order valence-electron chi connectivity index (χ2n) is 4.17. The second kappa shape index (κ2) is 4.15. The van der Waals surface area contributed by atoms with Gasteiger partial charge in [0.05, 0.1) is 6.20 Å². The first-order chi connectivity index (χ1) is 7.49. The fourth-order valence-corrected chi connectivity index (χ4v) is 3.24. The Kier molecular flexibility index (Phi) is 3.00. The van der Waals surface area contributed by atoms with Crippen LogP contribution in [0.3, 0.4) is 0 Å². The maximum absolute atomic E-state index is 11.9. The van der Waals surface area contributed by atoms with Crippen LogP contribution in [0, 0.1) is 0 Å². The van der Waals surface area contributed by atoms with Crippen LogP contribution in [0.1, 0.15) is 19.3 Å². The summed E-state index contributed by atoms with van der Waals surface area (Å²) < 4.78 is 27.9. The van der Waals surface area contributed by atoms with Crippen molar-refractivity contribution < 1.29 is 8.42 Å². The van der Waals surface area contributed by atoms with Gasteiger partial charge in [-0.2, -0.15) is 5.10 Å². The summed E-state index contributed by atoms with van der Waals surface area (Å²) in [5, 5.41) is 3.84. The van der Waals surface area contributed by atoms with E-state index in [4.69, 9.17) is 5.73 Å². The minimum Gasteiger partial charge on any atom is -0.326 e. The summed E-state index contributed by atoms with van der Waals surface area (Å²) >= 11 is 0. The lowest BCUT2D eigenvalue weighted by atomic mass is 10.2. The van der Waals surface area contributed by atoms with Gasteiger partial charge in [-0.3, -0.25) is 4.68 Å². The second-order valence-corrected chi connectivity index (χ2v) is 5.89. The van der Waals surface area contributed by atoms with Crippen LogP contribution in [-0.2, 0) is 17.1 Å². The normalized spacial score (nSPS) is 26.1. The molecule has 1 aromatic heterocycles. The Labute approximate surface area is 94.9 Å². The van der Waals surface area contributed by atoms with Crippen molar-refractivity contribution in [3.8, 4) is 0 Å². The van der Waals surface area contributed by atoms with E-state index in [1.165, 1.54) is 17.1 Å². The van der Waals surface area contributed by atoms with Crippen LogP contribution in [0.2, 0.25) is 0 Å². The van der Waals surface area contributed by atoms with Crippen LogP contribution >= 0.6 is 0 Å². The molecule has 0 aliphatic heterocycles. The standard InChI is InChI=1S/C9H16N4O2S/c1-13-6-7(5-11-13)16(14,15)12-9-4-2-3-8(9)10/h5-6,8-9,12H,2-4,10H2,1H3. The van der Waals surface area contributed by atoms with E-state index in [9.17, 15) is 8.42 Å². The predicted molar refractivity (Wildman–Crippen MR) is 59.1 cm³/mol. The quantitative estimate of drug-likeness (QED) is 0.755. The molecule has 1 fully saturated rings. The summed E-state index contributed by atoms with van der Waals surface area (Å²) in [6.07, 6.45) is 5.47. The molecular weight excluding hydrogens is 228 g/mol. The van der Waals surface area contributed by atoms with E-state index in [0.717, 1.165) is 19.3 Å². The van der Waals surface area contributed by atoms with Crippen LogP contribution in [0.15, 0.2) is 17.3 Å². The molecule has 0 spiro atoms. The molecule has 0 amide bonds. The zero-order valence-corrected chi connectivity index (χ0v) is 9.94. The smallest absolute Gasteiger partial charge is 0.243 e. The minimum atomic E-state index is -3.47. The van der Waals surface area contributed by atoms with E-state index >= 15 is 0 Å². The lowest BCUT2D eigenvalue weighted by Crippen LogP contribution is -2.43. The van der Waals surface area contributed by atoms with E-state index in [2.05, 4.69) is 9.82 Å². The molecule has 1 aromatic rings. The maximum Gasteiger partial charge on any atom is 0.243 e. The summed E-state index contributed by atoms with van der Waals surface area (Å²) in [5.41, 5.74) is 5.82. The fraction of sp³-hybridized carbons (Fsp3) is 0.667.